The highest BCUT2D eigenvalue weighted by atomic mass is 35.5. The van der Waals surface area contributed by atoms with E-state index in [9.17, 15) is 10.1 Å². The van der Waals surface area contributed by atoms with E-state index in [4.69, 9.17) is 16.3 Å². The lowest BCUT2D eigenvalue weighted by Gasteiger charge is -2.17. The molecular formula is C23H24ClN5O2S2. The third-order valence-electron chi connectivity index (χ3n) is 5.64. The first-order valence-corrected chi connectivity index (χ1v) is 12.9. The van der Waals surface area contributed by atoms with Crippen molar-refractivity contribution >= 4 is 45.6 Å². The number of hydrogen-bond donors (Lipinski definition) is 1. The Bertz CT molecular complexity index is 1230. The Kier molecular flexibility index (Phi) is 7.27. The second-order valence-electron chi connectivity index (χ2n) is 7.90. The second-order valence-corrected chi connectivity index (χ2v) is 10.4. The number of nitriles is 1. The molecule has 0 radical (unpaired) electrons. The van der Waals surface area contributed by atoms with Crippen LogP contribution < -0.4 is 10.1 Å². The maximum atomic E-state index is 12.7. The van der Waals surface area contributed by atoms with Crippen molar-refractivity contribution < 1.29 is 9.53 Å². The van der Waals surface area contributed by atoms with E-state index in [1.54, 1.807) is 25.3 Å². The topological polar surface area (TPSA) is 92.8 Å². The number of hydrogen-bond acceptors (Lipinski definition) is 7. The van der Waals surface area contributed by atoms with Crippen LogP contribution >= 0.6 is 34.7 Å². The van der Waals surface area contributed by atoms with Gasteiger partial charge in [0.05, 0.1) is 24.0 Å². The highest BCUT2D eigenvalue weighted by Gasteiger charge is 2.25. The van der Waals surface area contributed by atoms with Crippen LogP contribution in [0.4, 0.5) is 5.00 Å². The molecule has 0 saturated carbocycles. The summed E-state index contributed by atoms with van der Waals surface area (Å²) in [5, 5.41) is 23.1. The monoisotopic (exact) mass is 501 g/mol. The molecule has 1 aliphatic rings. The van der Waals surface area contributed by atoms with Gasteiger partial charge in [-0.2, -0.15) is 5.26 Å². The number of nitrogens with one attached hydrogen (secondary N) is 1. The number of fused-ring (bicyclic) bond motifs is 1. The average molecular weight is 502 g/mol. The molecule has 0 spiro atoms. The van der Waals surface area contributed by atoms with E-state index in [0.717, 1.165) is 30.4 Å². The maximum absolute atomic E-state index is 12.7. The number of methoxy groups -OCH3 is 1. The van der Waals surface area contributed by atoms with Gasteiger partial charge in [0.2, 0.25) is 5.91 Å². The summed E-state index contributed by atoms with van der Waals surface area (Å²) >= 11 is 9.02. The number of amides is 1. The van der Waals surface area contributed by atoms with E-state index in [1.165, 1.54) is 28.0 Å². The van der Waals surface area contributed by atoms with Crippen molar-refractivity contribution in [3.8, 4) is 23.2 Å². The van der Waals surface area contributed by atoms with Crippen molar-refractivity contribution in [2.24, 2.45) is 5.92 Å². The molecule has 3 aromatic rings. The van der Waals surface area contributed by atoms with E-state index in [-0.39, 0.29) is 11.7 Å². The van der Waals surface area contributed by atoms with Gasteiger partial charge in [-0.25, -0.2) is 0 Å². The summed E-state index contributed by atoms with van der Waals surface area (Å²) in [7, 11) is 1.60. The summed E-state index contributed by atoms with van der Waals surface area (Å²) in [4.78, 5) is 13.9. The van der Waals surface area contributed by atoms with E-state index in [1.807, 2.05) is 11.5 Å². The summed E-state index contributed by atoms with van der Waals surface area (Å²) in [6.07, 6.45) is 2.94. The zero-order valence-electron chi connectivity index (χ0n) is 18.6. The molecule has 172 valence electrons. The molecule has 1 unspecified atom stereocenters. The standard InChI is InChI=1S/C23H24ClN5O2S2/c1-4-29-21(16-10-14(24)6-8-18(16)31-3)27-28-23(29)32-12-20(30)26-22-17(11-25)15-7-5-13(2)9-19(15)33-22/h6,8,10,13H,4-5,7,9,12H2,1-3H3,(H,26,30). The molecule has 2 heterocycles. The molecule has 1 amide bonds. The van der Waals surface area contributed by atoms with Gasteiger partial charge in [0.25, 0.3) is 0 Å². The number of carbonyl (C=O) groups excluding carboxylic acids is 1. The van der Waals surface area contributed by atoms with Gasteiger partial charge >= 0.3 is 0 Å². The molecule has 10 heteroatoms. The van der Waals surface area contributed by atoms with Crippen LogP contribution in [0.2, 0.25) is 5.02 Å². The van der Waals surface area contributed by atoms with Crippen LogP contribution in [0.3, 0.4) is 0 Å². The molecule has 2 aromatic heterocycles. The van der Waals surface area contributed by atoms with E-state index in [2.05, 4.69) is 28.5 Å². The number of carbonyl (C=O) groups is 1. The molecule has 1 N–H and O–H groups in total. The molecule has 1 aromatic carbocycles. The predicted molar refractivity (Wildman–Crippen MR) is 132 cm³/mol. The summed E-state index contributed by atoms with van der Waals surface area (Å²) in [6, 6.07) is 7.64. The van der Waals surface area contributed by atoms with Crippen molar-refractivity contribution in [1.82, 2.24) is 14.8 Å². The molecular weight excluding hydrogens is 478 g/mol. The Morgan fingerprint density at radius 1 is 1.45 bits per heavy atom. The third-order valence-corrected chi connectivity index (χ3v) is 8.02. The number of ether oxygens (including phenoxy) is 1. The first kappa shape index (κ1) is 23.6. The Morgan fingerprint density at radius 3 is 3.00 bits per heavy atom. The Balaban J connectivity index is 1.49. The van der Waals surface area contributed by atoms with Crippen molar-refractivity contribution in [1.29, 1.82) is 5.26 Å². The van der Waals surface area contributed by atoms with Gasteiger partial charge < -0.3 is 14.6 Å². The molecule has 0 bridgehead atoms. The van der Waals surface area contributed by atoms with E-state index >= 15 is 0 Å². The Morgan fingerprint density at radius 2 is 2.27 bits per heavy atom. The van der Waals surface area contributed by atoms with Gasteiger partial charge in [-0.15, -0.1) is 21.5 Å². The average Bonchev–Trinajstić information content (AvgIpc) is 3.37. The zero-order valence-corrected chi connectivity index (χ0v) is 21.0. The zero-order chi connectivity index (χ0) is 23.5. The number of aromatic nitrogens is 3. The number of benzene rings is 1. The highest BCUT2D eigenvalue weighted by molar-refractivity contribution is 7.99. The molecule has 0 saturated heterocycles. The van der Waals surface area contributed by atoms with Gasteiger partial charge in [0.1, 0.15) is 16.8 Å². The normalized spacial score (nSPS) is 15.1. The summed E-state index contributed by atoms with van der Waals surface area (Å²) in [5.41, 5.74) is 2.47. The first-order chi connectivity index (χ1) is 15.9. The van der Waals surface area contributed by atoms with Gasteiger partial charge in [0, 0.05) is 16.4 Å². The van der Waals surface area contributed by atoms with Crippen molar-refractivity contribution in [2.45, 2.75) is 44.8 Å². The lowest BCUT2D eigenvalue weighted by molar-refractivity contribution is -0.113. The van der Waals surface area contributed by atoms with Gasteiger partial charge in [-0.05, 0) is 55.9 Å². The van der Waals surface area contributed by atoms with Crippen molar-refractivity contribution in [3.05, 3.63) is 39.2 Å². The molecule has 0 aliphatic heterocycles. The number of thiophene rings is 1. The number of halogens is 1. The minimum atomic E-state index is -0.171. The van der Waals surface area contributed by atoms with Crippen LogP contribution in [0, 0.1) is 17.2 Å². The maximum Gasteiger partial charge on any atom is 0.235 e. The smallest absolute Gasteiger partial charge is 0.235 e. The van der Waals surface area contributed by atoms with E-state index < -0.39 is 0 Å². The lowest BCUT2D eigenvalue weighted by atomic mass is 9.89. The van der Waals surface area contributed by atoms with Crippen LogP contribution in [-0.2, 0) is 24.2 Å². The number of thioether (sulfide) groups is 1. The largest absolute Gasteiger partial charge is 0.496 e. The summed E-state index contributed by atoms with van der Waals surface area (Å²) < 4.78 is 7.38. The van der Waals surface area contributed by atoms with Crippen LogP contribution in [0.25, 0.3) is 11.4 Å². The van der Waals surface area contributed by atoms with Crippen LogP contribution in [0.1, 0.15) is 36.3 Å². The fourth-order valence-electron chi connectivity index (χ4n) is 3.98. The van der Waals surface area contributed by atoms with Crippen LogP contribution in [0.5, 0.6) is 5.75 Å². The minimum absolute atomic E-state index is 0.161. The fourth-order valence-corrected chi connectivity index (χ4v) is 6.34. The summed E-state index contributed by atoms with van der Waals surface area (Å²) in [6.45, 7) is 4.83. The third kappa shape index (κ3) is 4.88. The molecule has 7 nitrogen and oxygen atoms in total. The van der Waals surface area contributed by atoms with Gasteiger partial charge in [-0.1, -0.05) is 30.3 Å². The second kappa shape index (κ2) is 10.2. The van der Waals surface area contributed by atoms with Crippen LogP contribution in [-0.4, -0.2) is 33.5 Å². The Hall–Kier alpha value is -2.54. The molecule has 1 atom stereocenters. The van der Waals surface area contributed by atoms with Crippen LogP contribution in [0.15, 0.2) is 23.4 Å². The molecule has 33 heavy (non-hydrogen) atoms. The van der Waals surface area contributed by atoms with E-state index in [0.29, 0.717) is 44.8 Å². The number of nitrogens with zero attached hydrogens (tertiary/aromatic N) is 4. The Labute approximate surface area is 206 Å². The predicted octanol–water partition coefficient (Wildman–Crippen LogP) is 5.42. The van der Waals surface area contributed by atoms with Crippen molar-refractivity contribution in [3.63, 3.8) is 0 Å². The molecule has 1 aliphatic carbocycles. The fraction of sp³-hybridized carbons (Fsp3) is 0.391. The number of rotatable bonds is 7. The quantitative estimate of drug-likeness (QED) is 0.435. The highest BCUT2D eigenvalue weighted by Crippen LogP contribution is 2.39. The van der Waals surface area contributed by atoms with Crippen molar-refractivity contribution in [2.75, 3.05) is 18.2 Å². The molecule has 4 rings (SSSR count). The first-order valence-electron chi connectivity index (χ1n) is 10.7. The minimum Gasteiger partial charge on any atom is -0.496 e. The van der Waals surface area contributed by atoms with Gasteiger partial charge in [0.15, 0.2) is 11.0 Å². The lowest BCUT2D eigenvalue weighted by Crippen LogP contribution is -2.14. The molecule has 0 fully saturated rings. The number of anilines is 1. The SMILES string of the molecule is CCn1c(SCC(=O)Nc2sc3c(c2C#N)CCC(C)C3)nnc1-c1cc(Cl)ccc1OC. The van der Waals surface area contributed by atoms with Gasteiger partial charge in [-0.3, -0.25) is 4.79 Å². The summed E-state index contributed by atoms with van der Waals surface area (Å²) in [5.74, 6) is 1.88.